The maximum atomic E-state index is 11.2. The summed E-state index contributed by atoms with van der Waals surface area (Å²) in [4.78, 5) is 17.6. The third kappa shape index (κ3) is 2.44. The topological polar surface area (TPSA) is 83.8 Å². The summed E-state index contributed by atoms with van der Waals surface area (Å²) in [6.07, 6.45) is 3.86. The van der Waals surface area contributed by atoms with Gasteiger partial charge in [0, 0.05) is 11.8 Å². The second-order valence-corrected chi connectivity index (χ2v) is 4.92. The summed E-state index contributed by atoms with van der Waals surface area (Å²) in [7, 11) is 0. The smallest absolute Gasteiger partial charge is 0.276 e. The van der Waals surface area contributed by atoms with Gasteiger partial charge in [0.1, 0.15) is 5.69 Å². The predicted octanol–water partition coefficient (Wildman–Crippen LogP) is 0.660. The second kappa shape index (κ2) is 4.57. The molecule has 0 radical (unpaired) electrons. The van der Waals surface area contributed by atoms with Crippen LogP contribution in [0, 0.1) is 0 Å². The Morgan fingerprint density at radius 1 is 1.73 bits per heavy atom. The summed E-state index contributed by atoms with van der Waals surface area (Å²) < 4.78 is 0. The van der Waals surface area contributed by atoms with E-state index >= 15 is 0 Å². The number of H-pyrrole nitrogens is 1. The molecule has 1 unspecified atom stereocenters. The number of nitrogens with one attached hydrogen (secondary N) is 2. The Morgan fingerprint density at radius 3 is 3.33 bits per heavy atom. The first-order valence-corrected chi connectivity index (χ1v) is 6.01. The zero-order valence-electron chi connectivity index (χ0n) is 8.32. The molecule has 2 rings (SSSR count). The number of thioether (sulfide) groups is 1. The molecule has 1 aromatic heterocycles. The van der Waals surface area contributed by atoms with Gasteiger partial charge in [0.15, 0.2) is 5.82 Å². The first kappa shape index (κ1) is 10.4. The summed E-state index contributed by atoms with van der Waals surface area (Å²) in [6.45, 7) is 0.825. The van der Waals surface area contributed by atoms with Gasteiger partial charge in [-0.15, -0.1) is 0 Å². The van der Waals surface area contributed by atoms with Crippen molar-refractivity contribution >= 4 is 23.3 Å². The number of nitrogens with two attached hydrogens (primary N) is 1. The maximum Gasteiger partial charge on any atom is 0.276 e. The molecule has 1 aromatic rings. The Hall–Kier alpha value is -1.17. The maximum absolute atomic E-state index is 11.2. The van der Waals surface area contributed by atoms with Crippen molar-refractivity contribution in [1.82, 2.24) is 9.97 Å². The van der Waals surface area contributed by atoms with Crippen molar-refractivity contribution < 1.29 is 0 Å². The van der Waals surface area contributed by atoms with E-state index in [1.165, 1.54) is 24.9 Å². The molecular formula is C9H14N4OS. The molecule has 0 spiro atoms. The molecule has 1 saturated heterocycles. The number of aromatic amines is 1. The highest BCUT2D eigenvalue weighted by atomic mass is 32.2. The molecule has 1 aliphatic heterocycles. The molecule has 1 atom stereocenters. The van der Waals surface area contributed by atoms with Crippen LogP contribution < -0.4 is 16.6 Å². The highest BCUT2D eigenvalue weighted by Gasteiger charge is 2.15. The van der Waals surface area contributed by atoms with E-state index in [0.717, 1.165) is 6.54 Å². The van der Waals surface area contributed by atoms with Crippen LogP contribution in [0.2, 0.25) is 0 Å². The van der Waals surface area contributed by atoms with Crippen LogP contribution in [0.25, 0.3) is 0 Å². The van der Waals surface area contributed by atoms with E-state index in [-0.39, 0.29) is 11.2 Å². The molecule has 0 saturated carbocycles. The van der Waals surface area contributed by atoms with E-state index < -0.39 is 0 Å². The third-order valence-corrected chi connectivity index (χ3v) is 3.81. The van der Waals surface area contributed by atoms with Gasteiger partial charge in [-0.2, -0.15) is 11.8 Å². The standard InChI is InChI=1S/C9H14N4OS/c10-7-8(12-5-13-9(7)14)11-4-6-2-1-3-15-6/h5-6H,1-4,10H2,(H2,11,12,13,14). The van der Waals surface area contributed by atoms with E-state index in [2.05, 4.69) is 15.3 Å². The minimum absolute atomic E-state index is 0.167. The summed E-state index contributed by atoms with van der Waals surface area (Å²) in [5.41, 5.74) is 5.47. The molecule has 0 bridgehead atoms. The van der Waals surface area contributed by atoms with Crippen LogP contribution in [-0.4, -0.2) is 27.5 Å². The highest BCUT2D eigenvalue weighted by Crippen LogP contribution is 2.26. The van der Waals surface area contributed by atoms with Gasteiger partial charge < -0.3 is 16.0 Å². The molecule has 0 amide bonds. The van der Waals surface area contributed by atoms with Gasteiger partial charge >= 0.3 is 0 Å². The van der Waals surface area contributed by atoms with Crippen LogP contribution >= 0.6 is 11.8 Å². The van der Waals surface area contributed by atoms with Crippen molar-refractivity contribution in [1.29, 1.82) is 0 Å². The molecule has 6 heteroatoms. The van der Waals surface area contributed by atoms with Crippen molar-refractivity contribution in [3.8, 4) is 0 Å². The fourth-order valence-corrected chi connectivity index (χ4v) is 2.77. The predicted molar refractivity (Wildman–Crippen MR) is 63.2 cm³/mol. The lowest BCUT2D eigenvalue weighted by atomic mass is 10.2. The van der Waals surface area contributed by atoms with Crippen LogP contribution in [0.4, 0.5) is 11.5 Å². The third-order valence-electron chi connectivity index (χ3n) is 2.41. The number of hydrogen-bond acceptors (Lipinski definition) is 5. The van der Waals surface area contributed by atoms with Crippen molar-refractivity contribution in [2.45, 2.75) is 18.1 Å². The van der Waals surface area contributed by atoms with Gasteiger partial charge in [0.2, 0.25) is 0 Å². The van der Waals surface area contributed by atoms with E-state index in [9.17, 15) is 4.79 Å². The minimum Gasteiger partial charge on any atom is -0.391 e. The Kier molecular flexibility index (Phi) is 3.15. The van der Waals surface area contributed by atoms with E-state index in [1.807, 2.05) is 11.8 Å². The first-order valence-electron chi connectivity index (χ1n) is 4.96. The number of nitrogen functional groups attached to an aromatic ring is 1. The van der Waals surface area contributed by atoms with Gasteiger partial charge in [-0.25, -0.2) is 4.98 Å². The highest BCUT2D eigenvalue weighted by molar-refractivity contribution is 8.00. The van der Waals surface area contributed by atoms with Gasteiger partial charge in [-0.1, -0.05) is 0 Å². The monoisotopic (exact) mass is 226 g/mol. The summed E-state index contributed by atoms with van der Waals surface area (Å²) in [5.74, 6) is 1.72. The summed E-state index contributed by atoms with van der Waals surface area (Å²) >= 11 is 1.95. The van der Waals surface area contributed by atoms with Crippen LogP contribution in [0.3, 0.4) is 0 Å². The molecule has 82 valence electrons. The molecule has 15 heavy (non-hydrogen) atoms. The van der Waals surface area contributed by atoms with Crippen LogP contribution in [-0.2, 0) is 0 Å². The van der Waals surface area contributed by atoms with Gasteiger partial charge in [-0.3, -0.25) is 4.79 Å². The summed E-state index contributed by atoms with van der Waals surface area (Å²) in [5, 5.41) is 3.73. The fourth-order valence-electron chi connectivity index (χ4n) is 1.57. The van der Waals surface area contributed by atoms with E-state index in [1.54, 1.807) is 0 Å². The number of hydrogen-bond donors (Lipinski definition) is 3. The van der Waals surface area contributed by atoms with Crippen molar-refractivity contribution in [3.63, 3.8) is 0 Å². The fraction of sp³-hybridized carbons (Fsp3) is 0.556. The number of anilines is 2. The molecule has 4 N–H and O–H groups in total. The molecule has 1 fully saturated rings. The molecule has 5 nitrogen and oxygen atoms in total. The SMILES string of the molecule is Nc1c(NCC2CCCS2)nc[nH]c1=O. The lowest BCUT2D eigenvalue weighted by molar-refractivity contribution is 0.803. The second-order valence-electron chi connectivity index (χ2n) is 3.51. The average molecular weight is 226 g/mol. The van der Waals surface area contributed by atoms with Gasteiger partial charge in [0.05, 0.1) is 6.33 Å². The van der Waals surface area contributed by atoms with Crippen molar-refractivity contribution in [2.75, 3.05) is 23.3 Å². The Bertz CT molecular complexity index is 386. The first-order chi connectivity index (χ1) is 7.27. The Labute approximate surface area is 91.9 Å². The molecule has 1 aliphatic rings. The molecular weight excluding hydrogens is 212 g/mol. The molecule has 0 aliphatic carbocycles. The average Bonchev–Trinajstić information content (AvgIpc) is 2.73. The zero-order valence-corrected chi connectivity index (χ0v) is 9.14. The number of nitrogens with zero attached hydrogens (tertiary/aromatic N) is 1. The van der Waals surface area contributed by atoms with Crippen LogP contribution in [0.1, 0.15) is 12.8 Å². The van der Waals surface area contributed by atoms with Crippen LogP contribution in [0.15, 0.2) is 11.1 Å². The Morgan fingerprint density at radius 2 is 2.60 bits per heavy atom. The van der Waals surface area contributed by atoms with Crippen molar-refractivity contribution in [2.24, 2.45) is 0 Å². The summed E-state index contributed by atoms with van der Waals surface area (Å²) in [6, 6.07) is 0. The van der Waals surface area contributed by atoms with Gasteiger partial charge in [0.25, 0.3) is 5.56 Å². The van der Waals surface area contributed by atoms with Crippen LogP contribution in [0.5, 0.6) is 0 Å². The van der Waals surface area contributed by atoms with Gasteiger partial charge in [-0.05, 0) is 18.6 Å². The van der Waals surface area contributed by atoms with Crippen molar-refractivity contribution in [3.05, 3.63) is 16.7 Å². The number of rotatable bonds is 3. The molecule has 0 aromatic carbocycles. The zero-order chi connectivity index (χ0) is 10.7. The normalized spacial score (nSPS) is 20.4. The molecule has 2 heterocycles. The largest absolute Gasteiger partial charge is 0.391 e. The lowest BCUT2D eigenvalue weighted by Gasteiger charge is -2.11. The quantitative estimate of drug-likeness (QED) is 0.705. The minimum atomic E-state index is -0.286. The lowest BCUT2D eigenvalue weighted by Crippen LogP contribution is -2.20. The van der Waals surface area contributed by atoms with E-state index in [4.69, 9.17) is 5.73 Å². The Balaban J connectivity index is 1.98. The van der Waals surface area contributed by atoms with E-state index in [0.29, 0.717) is 11.1 Å². The number of aromatic nitrogens is 2.